The number of ether oxygens (including phenoxy) is 1. The average Bonchev–Trinajstić information content (AvgIpc) is 2.21. The highest BCUT2D eigenvalue weighted by Crippen LogP contribution is 2.10. The van der Waals surface area contributed by atoms with Gasteiger partial charge in [-0.1, -0.05) is 28.1 Å². The summed E-state index contributed by atoms with van der Waals surface area (Å²) in [7, 11) is 1.66. The Bertz CT molecular complexity index is 278. The Balaban J connectivity index is 2.22. The van der Waals surface area contributed by atoms with Crippen LogP contribution in [-0.4, -0.2) is 25.6 Å². The first-order valence-corrected chi connectivity index (χ1v) is 6.03. The van der Waals surface area contributed by atoms with Gasteiger partial charge in [-0.15, -0.1) is 11.6 Å². The molecule has 0 aliphatic rings. The summed E-state index contributed by atoms with van der Waals surface area (Å²) in [4.78, 5) is 0. The lowest BCUT2D eigenvalue weighted by molar-refractivity contribution is 0.197. The lowest BCUT2D eigenvalue weighted by Gasteiger charge is -2.09. The second-order valence-corrected chi connectivity index (χ2v) is 4.84. The SMILES string of the molecule is COCC(Cl)CNCc1ccc(Br)cc1. The Labute approximate surface area is 104 Å². The molecule has 0 saturated carbocycles. The van der Waals surface area contributed by atoms with Gasteiger partial charge in [0.1, 0.15) is 0 Å². The monoisotopic (exact) mass is 291 g/mol. The topological polar surface area (TPSA) is 21.3 Å². The van der Waals surface area contributed by atoms with E-state index in [9.17, 15) is 0 Å². The molecule has 0 amide bonds. The molecular formula is C11H15BrClNO. The number of hydrogen-bond acceptors (Lipinski definition) is 2. The van der Waals surface area contributed by atoms with Gasteiger partial charge in [0.05, 0.1) is 12.0 Å². The standard InChI is InChI=1S/C11H15BrClNO/c1-15-8-11(13)7-14-6-9-2-4-10(12)5-3-9/h2-5,11,14H,6-8H2,1H3. The molecule has 1 atom stereocenters. The second-order valence-electron chi connectivity index (χ2n) is 3.31. The van der Waals surface area contributed by atoms with E-state index in [2.05, 4.69) is 33.4 Å². The quantitative estimate of drug-likeness (QED) is 0.814. The predicted molar refractivity (Wildman–Crippen MR) is 67.4 cm³/mol. The van der Waals surface area contributed by atoms with E-state index in [0.717, 1.165) is 17.6 Å². The molecule has 0 radical (unpaired) electrons. The molecule has 0 aromatic heterocycles. The normalized spacial score (nSPS) is 12.7. The fourth-order valence-electron chi connectivity index (χ4n) is 1.22. The third-order valence-corrected chi connectivity index (χ3v) is 2.76. The van der Waals surface area contributed by atoms with Gasteiger partial charge in [-0.25, -0.2) is 0 Å². The summed E-state index contributed by atoms with van der Waals surface area (Å²) in [6, 6.07) is 8.22. The summed E-state index contributed by atoms with van der Waals surface area (Å²) in [5, 5.41) is 3.31. The minimum absolute atomic E-state index is 0.0328. The van der Waals surface area contributed by atoms with Crippen LogP contribution >= 0.6 is 27.5 Å². The van der Waals surface area contributed by atoms with Gasteiger partial charge in [-0.2, -0.15) is 0 Å². The van der Waals surface area contributed by atoms with Gasteiger partial charge < -0.3 is 10.1 Å². The van der Waals surface area contributed by atoms with Crippen LogP contribution in [0.1, 0.15) is 5.56 Å². The van der Waals surface area contributed by atoms with Gasteiger partial charge in [-0.05, 0) is 17.7 Å². The number of nitrogens with one attached hydrogen (secondary N) is 1. The highest BCUT2D eigenvalue weighted by Gasteiger charge is 2.02. The Hall–Kier alpha value is -0.0900. The van der Waals surface area contributed by atoms with E-state index in [1.807, 2.05) is 12.1 Å². The summed E-state index contributed by atoms with van der Waals surface area (Å²) in [5.41, 5.74) is 1.25. The summed E-state index contributed by atoms with van der Waals surface area (Å²) in [6.45, 7) is 2.17. The van der Waals surface area contributed by atoms with Crippen LogP contribution in [0.15, 0.2) is 28.7 Å². The van der Waals surface area contributed by atoms with Crippen LogP contribution in [0.4, 0.5) is 0 Å². The number of halogens is 2. The molecule has 0 aliphatic heterocycles. The lowest BCUT2D eigenvalue weighted by Crippen LogP contribution is -2.25. The van der Waals surface area contributed by atoms with Gasteiger partial charge in [0, 0.05) is 24.7 Å². The zero-order valence-electron chi connectivity index (χ0n) is 8.67. The molecule has 1 unspecified atom stereocenters. The van der Waals surface area contributed by atoms with Crippen LogP contribution in [0.5, 0.6) is 0 Å². The van der Waals surface area contributed by atoms with Gasteiger partial charge in [0.2, 0.25) is 0 Å². The highest BCUT2D eigenvalue weighted by molar-refractivity contribution is 9.10. The van der Waals surface area contributed by atoms with Crippen molar-refractivity contribution in [2.24, 2.45) is 0 Å². The van der Waals surface area contributed by atoms with E-state index in [1.54, 1.807) is 7.11 Å². The van der Waals surface area contributed by atoms with Gasteiger partial charge >= 0.3 is 0 Å². The molecule has 1 rings (SSSR count). The maximum absolute atomic E-state index is 5.98. The van der Waals surface area contributed by atoms with Crippen molar-refractivity contribution >= 4 is 27.5 Å². The number of alkyl halides is 1. The van der Waals surface area contributed by atoms with Crippen molar-refractivity contribution < 1.29 is 4.74 Å². The molecule has 15 heavy (non-hydrogen) atoms. The van der Waals surface area contributed by atoms with Crippen molar-refractivity contribution in [2.75, 3.05) is 20.3 Å². The summed E-state index contributed by atoms with van der Waals surface area (Å²) in [6.07, 6.45) is 0. The van der Waals surface area contributed by atoms with E-state index >= 15 is 0 Å². The summed E-state index contributed by atoms with van der Waals surface area (Å²) in [5.74, 6) is 0. The number of rotatable bonds is 6. The van der Waals surface area contributed by atoms with Crippen LogP contribution in [-0.2, 0) is 11.3 Å². The molecule has 0 heterocycles. The van der Waals surface area contributed by atoms with Crippen LogP contribution < -0.4 is 5.32 Å². The zero-order valence-corrected chi connectivity index (χ0v) is 11.0. The smallest absolute Gasteiger partial charge is 0.0694 e. The van der Waals surface area contributed by atoms with E-state index < -0.39 is 0 Å². The van der Waals surface area contributed by atoms with Crippen LogP contribution in [0.2, 0.25) is 0 Å². The van der Waals surface area contributed by atoms with E-state index in [4.69, 9.17) is 16.3 Å². The molecule has 0 saturated heterocycles. The Morgan fingerprint density at radius 3 is 2.67 bits per heavy atom. The molecule has 1 N–H and O–H groups in total. The first kappa shape index (κ1) is 13.0. The minimum atomic E-state index is 0.0328. The van der Waals surface area contributed by atoms with Crippen LogP contribution in [0, 0.1) is 0 Å². The summed E-state index contributed by atoms with van der Waals surface area (Å²) >= 11 is 9.38. The molecule has 0 aliphatic carbocycles. The molecule has 0 bridgehead atoms. The number of methoxy groups -OCH3 is 1. The molecule has 0 spiro atoms. The van der Waals surface area contributed by atoms with Crippen molar-refractivity contribution in [1.82, 2.24) is 5.32 Å². The molecule has 1 aromatic rings. The second kappa shape index (κ2) is 7.23. The van der Waals surface area contributed by atoms with Crippen molar-refractivity contribution in [1.29, 1.82) is 0 Å². The first-order chi connectivity index (χ1) is 7.22. The van der Waals surface area contributed by atoms with Crippen molar-refractivity contribution in [3.05, 3.63) is 34.3 Å². The molecule has 1 aromatic carbocycles. The van der Waals surface area contributed by atoms with Crippen LogP contribution in [0.25, 0.3) is 0 Å². The van der Waals surface area contributed by atoms with E-state index in [1.165, 1.54) is 5.56 Å². The fourth-order valence-corrected chi connectivity index (χ4v) is 1.71. The third-order valence-electron chi connectivity index (χ3n) is 1.96. The average molecular weight is 293 g/mol. The van der Waals surface area contributed by atoms with Crippen LogP contribution in [0.3, 0.4) is 0 Å². The molecular weight excluding hydrogens is 277 g/mol. The lowest BCUT2D eigenvalue weighted by atomic mass is 10.2. The third kappa shape index (κ3) is 5.52. The number of benzene rings is 1. The van der Waals surface area contributed by atoms with Crippen molar-refractivity contribution in [3.63, 3.8) is 0 Å². The maximum Gasteiger partial charge on any atom is 0.0694 e. The molecule has 84 valence electrons. The fraction of sp³-hybridized carbons (Fsp3) is 0.455. The molecule has 0 fully saturated rings. The highest BCUT2D eigenvalue weighted by atomic mass is 79.9. The minimum Gasteiger partial charge on any atom is -0.383 e. The van der Waals surface area contributed by atoms with Gasteiger partial charge in [0.25, 0.3) is 0 Å². The molecule has 4 heteroatoms. The van der Waals surface area contributed by atoms with Crippen molar-refractivity contribution in [3.8, 4) is 0 Å². The predicted octanol–water partition coefficient (Wildman–Crippen LogP) is 2.79. The van der Waals surface area contributed by atoms with Crippen molar-refractivity contribution in [2.45, 2.75) is 11.9 Å². The Kier molecular flexibility index (Phi) is 6.25. The molecule has 2 nitrogen and oxygen atoms in total. The Morgan fingerprint density at radius 1 is 1.40 bits per heavy atom. The number of hydrogen-bond donors (Lipinski definition) is 1. The summed E-state index contributed by atoms with van der Waals surface area (Å²) < 4.78 is 6.04. The maximum atomic E-state index is 5.98. The van der Waals surface area contributed by atoms with E-state index in [0.29, 0.717) is 6.61 Å². The van der Waals surface area contributed by atoms with Gasteiger partial charge in [0.15, 0.2) is 0 Å². The van der Waals surface area contributed by atoms with E-state index in [-0.39, 0.29) is 5.38 Å². The van der Waals surface area contributed by atoms with Gasteiger partial charge in [-0.3, -0.25) is 0 Å². The Morgan fingerprint density at radius 2 is 2.07 bits per heavy atom. The zero-order chi connectivity index (χ0) is 11.1. The largest absolute Gasteiger partial charge is 0.383 e. The first-order valence-electron chi connectivity index (χ1n) is 4.80.